The number of hydrogen-bond donors (Lipinski definition) is 3. The van der Waals surface area contributed by atoms with E-state index in [4.69, 9.17) is 0 Å². The monoisotopic (exact) mass is 268 g/mol. The Labute approximate surface area is 112 Å². The van der Waals surface area contributed by atoms with Gasteiger partial charge in [0, 0.05) is 19.7 Å². The Morgan fingerprint density at radius 3 is 2.53 bits per heavy atom. The first kappa shape index (κ1) is 15.2. The first-order chi connectivity index (χ1) is 8.95. The lowest BCUT2D eigenvalue weighted by atomic mass is 9.98. The molecule has 7 heteroatoms. The Hall–Kier alpha value is -1.89. The maximum Gasteiger partial charge on any atom is 0.311 e. The van der Waals surface area contributed by atoms with Gasteiger partial charge in [-0.1, -0.05) is 13.8 Å². The second-order valence-electron chi connectivity index (χ2n) is 4.36. The highest BCUT2D eigenvalue weighted by atomic mass is 16.6. The minimum absolute atomic E-state index is 0.103. The molecule has 0 fully saturated rings. The zero-order chi connectivity index (χ0) is 14.5. The average Bonchev–Trinajstić information content (AvgIpc) is 2.44. The SMILES string of the molecule is CCC(O)(CC)CNc1nc(NC)ccc1[N+](=O)[O-]. The van der Waals surface area contributed by atoms with Gasteiger partial charge in [0.05, 0.1) is 10.5 Å². The van der Waals surface area contributed by atoms with E-state index in [0.717, 1.165) is 0 Å². The summed E-state index contributed by atoms with van der Waals surface area (Å²) in [6, 6.07) is 2.92. The smallest absolute Gasteiger partial charge is 0.311 e. The van der Waals surface area contributed by atoms with E-state index in [0.29, 0.717) is 18.7 Å². The number of nitro groups is 1. The molecule has 1 heterocycles. The zero-order valence-corrected chi connectivity index (χ0v) is 11.4. The van der Waals surface area contributed by atoms with Crippen LogP contribution in [0.4, 0.5) is 17.3 Å². The third-order valence-electron chi connectivity index (χ3n) is 3.23. The highest BCUT2D eigenvalue weighted by Gasteiger charge is 2.24. The molecule has 1 rings (SSSR count). The van der Waals surface area contributed by atoms with Gasteiger partial charge in [-0.3, -0.25) is 10.1 Å². The molecule has 0 aliphatic carbocycles. The van der Waals surface area contributed by atoms with Crippen LogP contribution in [0.3, 0.4) is 0 Å². The largest absolute Gasteiger partial charge is 0.388 e. The predicted octanol–water partition coefficient (Wildman–Crippen LogP) is 1.99. The number of anilines is 2. The van der Waals surface area contributed by atoms with Crippen molar-refractivity contribution >= 4 is 17.3 Å². The van der Waals surface area contributed by atoms with Gasteiger partial charge in [-0.25, -0.2) is 4.98 Å². The van der Waals surface area contributed by atoms with Crippen molar-refractivity contribution in [3.8, 4) is 0 Å². The molecule has 1 aromatic rings. The summed E-state index contributed by atoms with van der Waals surface area (Å²) in [5.74, 6) is 0.696. The van der Waals surface area contributed by atoms with Crippen LogP contribution in [0.25, 0.3) is 0 Å². The van der Waals surface area contributed by atoms with Crippen molar-refractivity contribution in [2.24, 2.45) is 0 Å². The molecule has 0 unspecified atom stereocenters. The fourth-order valence-electron chi connectivity index (χ4n) is 1.62. The molecule has 0 amide bonds. The van der Waals surface area contributed by atoms with E-state index in [9.17, 15) is 15.2 Å². The fraction of sp³-hybridized carbons (Fsp3) is 0.583. The Morgan fingerprint density at radius 2 is 2.05 bits per heavy atom. The third-order valence-corrected chi connectivity index (χ3v) is 3.23. The van der Waals surface area contributed by atoms with Gasteiger partial charge in [0.15, 0.2) is 0 Å². The fourth-order valence-corrected chi connectivity index (χ4v) is 1.62. The summed E-state index contributed by atoms with van der Waals surface area (Å²) in [4.78, 5) is 14.5. The maximum absolute atomic E-state index is 10.9. The second-order valence-corrected chi connectivity index (χ2v) is 4.36. The van der Waals surface area contributed by atoms with Crippen LogP contribution in [0.15, 0.2) is 12.1 Å². The summed E-state index contributed by atoms with van der Waals surface area (Å²) in [6.07, 6.45) is 1.13. The number of nitrogens with zero attached hydrogens (tertiary/aromatic N) is 2. The Bertz CT molecular complexity index is 447. The first-order valence-electron chi connectivity index (χ1n) is 6.25. The van der Waals surface area contributed by atoms with Crippen LogP contribution in [0, 0.1) is 10.1 Å². The molecule has 0 aromatic carbocycles. The quantitative estimate of drug-likeness (QED) is 0.516. The Morgan fingerprint density at radius 1 is 1.42 bits per heavy atom. The topological polar surface area (TPSA) is 100 Å². The molecule has 19 heavy (non-hydrogen) atoms. The lowest BCUT2D eigenvalue weighted by Crippen LogP contribution is -2.35. The summed E-state index contributed by atoms with van der Waals surface area (Å²) in [5.41, 5.74) is -0.987. The molecule has 0 aliphatic heterocycles. The van der Waals surface area contributed by atoms with E-state index in [2.05, 4.69) is 15.6 Å². The molecular weight excluding hydrogens is 248 g/mol. The predicted molar refractivity (Wildman–Crippen MR) is 74.5 cm³/mol. The van der Waals surface area contributed by atoms with Crippen LogP contribution >= 0.6 is 0 Å². The first-order valence-corrected chi connectivity index (χ1v) is 6.25. The van der Waals surface area contributed by atoms with Gasteiger partial charge in [-0.05, 0) is 18.9 Å². The van der Waals surface area contributed by atoms with Crippen LogP contribution in [-0.2, 0) is 0 Å². The van der Waals surface area contributed by atoms with Crippen molar-refractivity contribution < 1.29 is 10.0 Å². The Kier molecular flexibility index (Phi) is 5.05. The maximum atomic E-state index is 10.9. The van der Waals surface area contributed by atoms with Crippen molar-refractivity contribution in [1.29, 1.82) is 0 Å². The number of rotatable bonds is 7. The van der Waals surface area contributed by atoms with Crippen LogP contribution in [0.2, 0.25) is 0 Å². The molecule has 0 spiro atoms. The molecule has 7 nitrogen and oxygen atoms in total. The summed E-state index contributed by atoms with van der Waals surface area (Å²) < 4.78 is 0. The summed E-state index contributed by atoms with van der Waals surface area (Å²) in [7, 11) is 1.69. The van der Waals surface area contributed by atoms with Crippen molar-refractivity contribution in [1.82, 2.24) is 4.98 Å². The molecule has 0 saturated heterocycles. The van der Waals surface area contributed by atoms with E-state index in [-0.39, 0.29) is 18.1 Å². The number of hydrogen-bond acceptors (Lipinski definition) is 6. The summed E-state index contributed by atoms with van der Waals surface area (Å²) in [5, 5.41) is 26.8. The second kappa shape index (κ2) is 6.33. The van der Waals surface area contributed by atoms with Gasteiger partial charge in [0.1, 0.15) is 5.82 Å². The van der Waals surface area contributed by atoms with E-state index >= 15 is 0 Å². The molecule has 3 N–H and O–H groups in total. The highest BCUT2D eigenvalue weighted by molar-refractivity contribution is 5.60. The van der Waals surface area contributed by atoms with Gasteiger partial charge in [-0.2, -0.15) is 0 Å². The van der Waals surface area contributed by atoms with Gasteiger partial charge in [0.25, 0.3) is 0 Å². The standard InChI is InChI=1S/C12H20N4O3/c1-4-12(17,5-2)8-14-11-9(16(18)19)6-7-10(13-3)15-11/h6-7,17H,4-5,8H2,1-3H3,(H2,13,14,15). The van der Waals surface area contributed by atoms with Crippen molar-refractivity contribution in [2.75, 3.05) is 24.2 Å². The molecule has 0 aliphatic rings. The van der Waals surface area contributed by atoms with Gasteiger partial charge < -0.3 is 15.7 Å². The average molecular weight is 268 g/mol. The molecule has 0 saturated carbocycles. The zero-order valence-electron chi connectivity index (χ0n) is 11.4. The summed E-state index contributed by atoms with van der Waals surface area (Å²) in [6.45, 7) is 3.97. The number of pyridine rings is 1. The van der Waals surface area contributed by atoms with Crippen LogP contribution in [-0.4, -0.2) is 34.2 Å². The van der Waals surface area contributed by atoms with Crippen LogP contribution < -0.4 is 10.6 Å². The van der Waals surface area contributed by atoms with E-state index in [1.807, 2.05) is 13.8 Å². The number of aliphatic hydroxyl groups is 1. The summed E-state index contributed by atoms with van der Waals surface area (Å²) >= 11 is 0. The third kappa shape index (κ3) is 3.78. The number of nitrogens with one attached hydrogen (secondary N) is 2. The molecule has 0 bridgehead atoms. The minimum Gasteiger partial charge on any atom is -0.388 e. The van der Waals surface area contributed by atoms with E-state index in [1.54, 1.807) is 7.05 Å². The molecule has 1 aromatic heterocycles. The molecule has 0 atom stereocenters. The van der Waals surface area contributed by atoms with E-state index in [1.165, 1.54) is 12.1 Å². The minimum atomic E-state index is -0.884. The lowest BCUT2D eigenvalue weighted by Gasteiger charge is -2.25. The normalized spacial score (nSPS) is 11.2. The van der Waals surface area contributed by atoms with Crippen molar-refractivity contribution in [3.63, 3.8) is 0 Å². The number of aromatic nitrogens is 1. The lowest BCUT2D eigenvalue weighted by molar-refractivity contribution is -0.384. The Balaban J connectivity index is 2.95. The van der Waals surface area contributed by atoms with Gasteiger partial charge >= 0.3 is 5.69 Å². The molecule has 0 radical (unpaired) electrons. The van der Waals surface area contributed by atoms with Gasteiger partial charge in [-0.15, -0.1) is 0 Å². The van der Waals surface area contributed by atoms with Crippen molar-refractivity contribution in [3.05, 3.63) is 22.2 Å². The van der Waals surface area contributed by atoms with Crippen LogP contribution in [0.5, 0.6) is 0 Å². The van der Waals surface area contributed by atoms with E-state index < -0.39 is 10.5 Å². The molecular formula is C12H20N4O3. The van der Waals surface area contributed by atoms with Crippen molar-refractivity contribution in [2.45, 2.75) is 32.3 Å². The van der Waals surface area contributed by atoms with Gasteiger partial charge in [0.2, 0.25) is 5.82 Å². The molecule has 106 valence electrons. The van der Waals surface area contributed by atoms with Crippen LogP contribution in [0.1, 0.15) is 26.7 Å². The highest BCUT2D eigenvalue weighted by Crippen LogP contribution is 2.25.